The SMILES string of the molecule is Nc1cc(S(=O)(O)=S)c2ccc3c(S(=O)(O)=S)cc(S(=O)(O)=S)c4ccc1c2c43. The highest BCUT2D eigenvalue weighted by Gasteiger charge is 2.24. The van der Waals surface area contributed by atoms with Crippen LogP contribution in [-0.2, 0) is 59.9 Å². The lowest BCUT2D eigenvalue weighted by Crippen LogP contribution is -2.06. The summed E-state index contributed by atoms with van der Waals surface area (Å²) in [6.45, 7) is 0. The van der Waals surface area contributed by atoms with Gasteiger partial charge in [0, 0.05) is 71.6 Å². The van der Waals surface area contributed by atoms with Crippen molar-refractivity contribution >= 4 is 97.9 Å². The molecule has 0 bridgehead atoms. The molecule has 0 aliphatic rings. The minimum Gasteiger partial charge on any atom is -0.398 e. The predicted octanol–water partition coefficient (Wildman–Crippen LogP) is 2.90. The third-order valence-corrected chi connectivity index (χ3v) is 8.95. The highest BCUT2D eigenvalue weighted by Crippen LogP contribution is 2.43. The third-order valence-electron chi connectivity index (χ3n) is 4.65. The van der Waals surface area contributed by atoms with Crippen molar-refractivity contribution in [2.24, 2.45) is 0 Å². The lowest BCUT2D eigenvalue weighted by atomic mass is 9.93. The zero-order chi connectivity index (χ0) is 21.5. The summed E-state index contributed by atoms with van der Waals surface area (Å²) in [7, 11) is -11.8. The van der Waals surface area contributed by atoms with Crippen LogP contribution < -0.4 is 5.73 Å². The van der Waals surface area contributed by atoms with Crippen LogP contribution in [0.3, 0.4) is 0 Å². The molecule has 13 heteroatoms. The number of hydrogen-bond donors (Lipinski definition) is 4. The van der Waals surface area contributed by atoms with Gasteiger partial charge in [-0.25, -0.2) is 12.6 Å². The Hall–Kier alpha value is -1.29. The molecule has 0 fully saturated rings. The summed E-state index contributed by atoms with van der Waals surface area (Å²) in [5, 5.41) is 1.91. The Morgan fingerprint density at radius 1 is 0.621 bits per heavy atom. The first-order valence-corrected chi connectivity index (χ1v) is 15.0. The maximum atomic E-state index is 12.3. The standard InChI is InChI=1S/C16H11NO6S6/c17-11-5-12(27(18,19)24)8-3-4-10-14(29(22,23)26)6-13(28(20,21)25)9-2-1-7(11)15(8)16(9)10/h1-6H,17H2,(H,18,19,24)(H,20,21,25)(H,22,23,26). The summed E-state index contributed by atoms with van der Waals surface area (Å²) >= 11 is 14.2. The first-order valence-electron chi connectivity index (χ1n) is 7.67. The molecule has 5 N–H and O–H groups in total. The van der Waals surface area contributed by atoms with Crippen LogP contribution in [0.15, 0.2) is 51.1 Å². The summed E-state index contributed by atoms with van der Waals surface area (Å²) in [6, 6.07) is 8.42. The van der Waals surface area contributed by atoms with E-state index in [-0.39, 0.29) is 36.5 Å². The second-order valence-electron chi connectivity index (χ2n) is 6.33. The molecule has 0 radical (unpaired) electrons. The van der Waals surface area contributed by atoms with Gasteiger partial charge in [0.05, 0.1) is 14.7 Å². The number of nitrogen functional groups attached to an aromatic ring is 1. The van der Waals surface area contributed by atoms with Gasteiger partial charge < -0.3 is 19.4 Å². The molecule has 0 aliphatic heterocycles. The number of benzene rings is 4. The number of hydrogen-bond acceptors (Lipinski definition) is 7. The summed E-state index contributed by atoms with van der Waals surface area (Å²) in [5.74, 6) is 0. The van der Waals surface area contributed by atoms with Gasteiger partial charge in [0.2, 0.25) is 0 Å². The summed E-state index contributed by atoms with van der Waals surface area (Å²) in [4.78, 5) is -0.587. The largest absolute Gasteiger partial charge is 0.398 e. The highest BCUT2D eigenvalue weighted by atomic mass is 32.9. The van der Waals surface area contributed by atoms with Gasteiger partial charge in [0.15, 0.2) is 26.3 Å². The van der Waals surface area contributed by atoms with E-state index in [1.807, 2.05) is 0 Å². The molecule has 0 aliphatic carbocycles. The van der Waals surface area contributed by atoms with E-state index in [1.54, 1.807) is 6.07 Å². The Morgan fingerprint density at radius 2 is 0.931 bits per heavy atom. The van der Waals surface area contributed by atoms with Gasteiger partial charge in [-0.2, -0.15) is 0 Å². The van der Waals surface area contributed by atoms with E-state index in [4.69, 9.17) is 39.3 Å². The van der Waals surface area contributed by atoms with Gasteiger partial charge >= 0.3 is 0 Å². The van der Waals surface area contributed by atoms with Gasteiger partial charge in [-0.05, 0) is 12.1 Å². The van der Waals surface area contributed by atoms with Gasteiger partial charge in [-0.15, -0.1) is 0 Å². The molecule has 3 unspecified atom stereocenters. The summed E-state index contributed by atoms with van der Waals surface area (Å²) < 4.78 is 67.0. The van der Waals surface area contributed by atoms with E-state index in [9.17, 15) is 26.3 Å². The first-order chi connectivity index (χ1) is 13.2. The van der Waals surface area contributed by atoms with E-state index < -0.39 is 26.3 Å². The summed E-state index contributed by atoms with van der Waals surface area (Å²) in [5.41, 5.74) is 6.23. The lowest BCUT2D eigenvalue weighted by Gasteiger charge is -2.19. The molecule has 0 heterocycles. The predicted molar refractivity (Wildman–Crippen MR) is 124 cm³/mol. The van der Waals surface area contributed by atoms with E-state index in [1.165, 1.54) is 24.3 Å². The number of nitrogens with two attached hydrogens (primary N) is 1. The first kappa shape index (κ1) is 21.0. The molecule has 0 amide bonds. The highest BCUT2D eigenvalue weighted by molar-refractivity contribution is 8.30. The van der Waals surface area contributed by atoms with Gasteiger partial charge in [-0.3, -0.25) is 0 Å². The van der Waals surface area contributed by atoms with Crippen molar-refractivity contribution in [1.29, 1.82) is 0 Å². The average molecular weight is 506 g/mol. The van der Waals surface area contributed by atoms with Crippen LogP contribution in [0.2, 0.25) is 0 Å². The fraction of sp³-hybridized carbons (Fsp3) is 0. The van der Waals surface area contributed by atoms with Crippen molar-refractivity contribution in [3.05, 3.63) is 36.4 Å². The molecule has 0 spiro atoms. The van der Waals surface area contributed by atoms with Crippen LogP contribution in [-0.4, -0.2) is 26.3 Å². The molecule has 0 saturated heterocycles. The van der Waals surface area contributed by atoms with Crippen LogP contribution in [0.25, 0.3) is 32.3 Å². The Bertz CT molecular complexity index is 1620. The Kier molecular flexibility index (Phi) is 4.59. The fourth-order valence-corrected chi connectivity index (χ4v) is 7.03. The van der Waals surface area contributed by atoms with Crippen molar-refractivity contribution in [2.75, 3.05) is 5.73 Å². The monoisotopic (exact) mass is 505 g/mol. The van der Waals surface area contributed by atoms with Crippen LogP contribution in [0, 0.1) is 0 Å². The van der Waals surface area contributed by atoms with Crippen LogP contribution >= 0.6 is 0 Å². The van der Waals surface area contributed by atoms with Gasteiger partial charge in [0.1, 0.15) is 0 Å². The van der Waals surface area contributed by atoms with Crippen molar-refractivity contribution in [2.45, 2.75) is 14.7 Å². The topological polar surface area (TPSA) is 138 Å². The summed E-state index contributed by atoms with van der Waals surface area (Å²) in [6.07, 6.45) is 0. The maximum absolute atomic E-state index is 12.3. The van der Waals surface area contributed by atoms with E-state index in [2.05, 4.69) is 0 Å². The Balaban J connectivity index is 2.47. The van der Waals surface area contributed by atoms with Crippen LogP contribution in [0.4, 0.5) is 5.69 Å². The molecular weight excluding hydrogens is 495 g/mol. The number of rotatable bonds is 3. The van der Waals surface area contributed by atoms with Crippen molar-refractivity contribution in [1.82, 2.24) is 0 Å². The fourth-order valence-electron chi connectivity index (χ4n) is 3.56. The molecule has 29 heavy (non-hydrogen) atoms. The second-order valence-corrected chi connectivity index (χ2v) is 14.6. The molecular formula is C16H11NO6S6. The molecule has 4 rings (SSSR count). The van der Waals surface area contributed by atoms with Crippen molar-refractivity contribution in [3.8, 4) is 0 Å². The zero-order valence-electron chi connectivity index (χ0n) is 14.1. The second kappa shape index (κ2) is 6.35. The van der Waals surface area contributed by atoms with Crippen LogP contribution in [0.5, 0.6) is 0 Å². The van der Waals surface area contributed by atoms with Crippen LogP contribution in [0.1, 0.15) is 0 Å². The minimum atomic E-state index is -3.97. The van der Waals surface area contributed by atoms with Gasteiger partial charge in [-0.1, -0.05) is 24.3 Å². The third kappa shape index (κ3) is 3.26. The molecule has 4 aromatic rings. The Labute approximate surface area is 180 Å². The molecule has 4 aromatic carbocycles. The Morgan fingerprint density at radius 3 is 1.31 bits per heavy atom. The van der Waals surface area contributed by atoms with Gasteiger partial charge in [0.25, 0.3) is 0 Å². The van der Waals surface area contributed by atoms with Crippen molar-refractivity contribution < 1.29 is 26.3 Å². The number of anilines is 1. The average Bonchev–Trinajstić information content (AvgIpc) is 2.57. The molecule has 152 valence electrons. The lowest BCUT2D eigenvalue weighted by molar-refractivity contribution is 0.559. The van der Waals surface area contributed by atoms with Crippen molar-refractivity contribution in [3.63, 3.8) is 0 Å². The minimum absolute atomic E-state index is 0.0925. The smallest absolute Gasteiger partial charge is 0.171 e. The van der Waals surface area contributed by atoms with E-state index in [0.717, 1.165) is 6.07 Å². The molecule has 0 aromatic heterocycles. The quantitative estimate of drug-likeness (QED) is 0.243. The molecule has 3 atom stereocenters. The normalized spacial score (nSPS) is 18.6. The van der Waals surface area contributed by atoms with E-state index >= 15 is 0 Å². The maximum Gasteiger partial charge on any atom is 0.171 e. The zero-order valence-corrected chi connectivity index (χ0v) is 19.0. The molecule has 0 saturated carbocycles. The van der Waals surface area contributed by atoms with E-state index in [0.29, 0.717) is 16.2 Å². The molecule has 7 nitrogen and oxygen atoms in total.